The van der Waals surface area contributed by atoms with Gasteiger partial charge in [0.15, 0.2) is 0 Å². The zero-order chi connectivity index (χ0) is 8.43. The van der Waals surface area contributed by atoms with Crippen LogP contribution in [0.1, 0.15) is 27.2 Å². The summed E-state index contributed by atoms with van der Waals surface area (Å²) in [4.78, 5) is 0. The Kier molecular flexibility index (Phi) is 2.32. The van der Waals surface area contributed by atoms with E-state index in [0.717, 1.165) is 6.42 Å². The molecule has 0 saturated carbocycles. The lowest BCUT2D eigenvalue weighted by atomic mass is 9.98. The van der Waals surface area contributed by atoms with Gasteiger partial charge in [-0.3, -0.25) is 5.01 Å². The zero-order valence-electron chi connectivity index (χ0n) is 7.76. The van der Waals surface area contributed by atoms with E-state index in [1.807, 2.05) is 18.3 Å². The van der Waals surface area contributed by atoms with Gasteiger partial charge in [-0.1, -0.05) is 6.92 Å². The van der Waals surface area contributed by atoms with E-state index < -0.39 is 0 Å². The lowest BCUT2D eigenvalue weighted by Gasteiger charge is -2.15. The van der Waals surface area contributed by atoms with E-state index in [1.165, 1.54) is 11.3 Å². The summed E-state index contributed by atoms with van der Waals surface area (Å²) < 4.78 is 0. The van der Waals surface area contributed by atoms with Crippen molar-refractivity contribution in [1.29, 1.82) is 0 Å². The molecule has 0 bridgehead atoms. The molecule has 62 valence electrons. The summed E-state index contributed by atoms with van der Waals surface area (Å²) in [5, 5.41) is 6.20. The van der Waals surface area contributed by atoms with Crippen LogP contribution in [0.2, 0.25) is 0 Å². The Balaban J connectivity index is 2.92. The van der Waals surface area contributed by atoms with E-state index in [1.54, 1.807) is 0 Å². The minimum atomic E-state index is 0.642. The van der Waals surface area contributed by atoms with Gasteiger partial charge < -0.3 is 0 Å². The maximum Gasteiger partial charge on any atom is 0.0325 e. The predicted molar refractivity (Wildman–Crippen MR) is 48.4 cm³/mol. The summed E-state index contributed by atoms with van der Waals surface area (Å²) >= 11 is 0. The van der Waals surface area contributed by atoms with Crippen LogP contribution in [-0.2, 0) is 0 Å². The van der Waals surface area contributed by atoms with E-state index in [9.17, 15) is 0 Å². The van der Waals surface area contributed by atoms with Crippen molar-refractivity contribution in [3.05, 3.63) is 11.3 Å². The highest BCUT2D eigenvalue weighted by molar-refractivity contribution is 5.58. The number of hydrogen-bond acceptors (Lipinski definition) is 2. The van der Waals surface area contributed by atoms with Crippen LogP contribution in [0.5, 0.6) is 0 Å². The maximum atomic E-state index is 4.26. The van der Waals surface area contributed by atoms with Gasteiger partial charge in [-0.25, -0.2) is 0 Å². The van der Waals surface area contributed by atoms with Crippen molar-refractivity contribution < 1.29 is 0 Å². The quantitative estimate of drug-likeness (QED) is 0.519. The molecule has 1 aliphatic heterocycles. The normalized spacial score (nSPS) is 25.8. The van der Waals surface area contributed by atoms with Gasteiger partial charge in [0, 0.05) is 19.0 Å². The molecule has 0 aromatic heterocycles. The molecule has 0 saturated heterocycles. The molecule has 1 unspecified atom stereocenters. The average Bonchev–Trinajstić information content (AvgIpc) is 2.07. The van der Waals surface area contributed by atoms with Gasteiger partial charge in [0.1, 0.15) is 0 Å². The highest BCUT2D eigenvalue weighted by Crippen LogP contribution is 2.21. The van der Waals surface area contributed by atoms with E-state index in [0.29, 0.717) is 5.92 Å². The minimum absolute atomic E-state index is 0.642. The van der Waals surface area contributed by atoms with Gasteiger partial charge >= 0.3 is 0 Å². The number of hydrazone groups is 1. The molecule has 1 aliphatic rings. The summed E-state index contributed by atoms with van der Waals surface area (Å²) in [5.41, 5.74) is 2.73. The summed E-state index contributed by atoms with van der Waals surface area (Å²) in [6.07, 6.45) is 3.05. The Morgan fingerprint density at radius 1 is 1.55 bits per heavy atom. The highest BCUT2D eigenvalue weighted by atomic mass is 15.4. The second-order valence-electron chi connectivity index (χ2n) is 3.23. The third kappa shape index (κ3) is 1.62. The number of nitrogens with zero attached hydrogens (tertiary/aromatic N) is 2. The van der Waals surface area contributed by atoms with Crippen molar-refractivity contribution in [3.8, 4) is 0 Å². The summed E-state index contributed by atoms with van der Waals surface area (Å²) in [5.74, 6) is 0.642. The molecule has 0 aromatic rings. The average molecular weight is 152 g/mol. The van der Waals surface area contributed by atoms with Crippen molar-refractivity contribution in [2.75, 3.05) is 7.05 Å². The lowest BCUT2D eigenvalue weighted by molar-refractivity contribution is 0.443. The topological polar surface area (TPSA) is 15.6 Å². The van der Waals surface area contributed by atoms with Crippen LogP contribution in [0.4, 0.5) is 0 Å². The van der Waals surface area contributed by atoms with Gasteiger partial charge in [-0.2, -0.15) is 5.10 Å². The van der Waals surface area contributed by atoms with Crippen LogP contribution >= 0.6 is 0 Å². The van der Waals surface area contributed by atoms with Crippen LogP contribution in [0.15, 0.2) is 16.4 Å². The van der Waals surface area contributed by atoms with E-state index in [-0.39, 0.29) is 0 Å². The van der Waals surface area contributed by atoms with E-state index in [2.05, 4.69) is 25.9 Å². The van der Waals surface area contributed by atoms with Crippen LogP contribution < -0.4 is 0 Å². The first kappa shape index (κ1) is 8.31. The first-order chi connectivity index (χ1) is 5.13. The van der Waals surface area contributed by atoms with Gasteiger partial charge in [-0.15, -0.1) is 0 Å². The van der Waals surface area contributed by atoms with Crippen molar-refractivity contribution in [1.82, 2.24) is 5.01 Å². The Hall–Kier alpha value is -0.790. The molecule has 0 fully saturated rings. The molecule has 2 nitrogen and oxygen atoms in total. The molecule has 0 N–H and O–H groups in total. The fraction of sp³-hybridized carbons (Fsp3) is 0.667. The Labute approximate surface area is 68.6 Å². The van der Waals surface area contributed by atoms with Gasteiger partial charge in [0.05, 0.1) is 0 Å². The number of hydrogen-bond donors (Lipinski definition) is 0. The molecule has 0 aliphatic carbocycles. The zero-order valence-corrected chi connectivity index (χ0v) is 7.76. The molecule has 0 spiro atoms. The largest absolute Gasteiger partial charge is 0.273 e. The van der Waals surface area contributed by atoms with Crippen LogP contribution in [0.3, 0.4) is 0 Å². The van der Waals surface area contributed by atoms with Crippen LogP contribution in [-0.4, -0.2) is 18.3 Å². The Bertz CT molecular complexity index is 204. The molecule has 1 rings (SSSR count). The molecule has 0 aromatic carbocycles. The molecule has 1 heterocycles. The van der Waals surface area contributed by atoms with Gasteiger partial charge in [0.25, 0.3) is 0 Å². The molecular formula is C9H16N2. The molecule has 11 heavy (non-hydrogen) atoms. The first-order valence-electron chi connectivity index (χ1n) is 4.06. The van der Waals surface area contributed by atoms with Gasteiger partial charge in [-0.05, 0) is 31.8 Å². The fourth-order valence-electron chi connectivity index (χ4n) is 1.20. The SMILES string of the molecule is CC1=C(C)N(C)N=CCC1C. The second kappa shape index (κ2) is 3.07. The molecule has 0 radical (unpaired) electrons. The smallest absolute Gasteiger partial charge is 0.0325 e. The summed E-state index contributed by atoms with van der Waals surface area (Å²) in [6, 6.07) is 0. The van der Waals surface area contributed by atoms with E-state index >= 15 is 0 Å². The highest BCUT2D eigenvalue weighted by Gasteiger charge is 2.11. The summed E-state index contributed by atoms with van der Waals surface area (Å²) in [6.45, 7) is 6.55. The van der Waals surface area contributed by atoms with Crippen molar-refractivity contribution in [2.24, 2.45) is 11.0 Å². The monoisotopic (exact) mass is 152 g/mol. The van der Waals surface area contributed by atoms with Crippen molar-refractivity contribution in [2.45, 2.75) is 27.2 Å². The lowest BCUT2D eigenvalue weighted by Crippen LogP contribution is -2.09. The Morgan fingerprint density at radius 2 is 2.18 bits per heavy atom. The minimum Gasteiger partial charge on any atom is -0.273 e. The molecule has 0 amide bonds. The number of allylic oxidation sites excluding steroid dienone is 2. The second-order valence-corrected chi connectivity index (χ2v) is 3.23. The Morgan fingerprint density at radius 3 is 2.82 bits per heavy atom. The third-order valence-corrected chi connectivity index (χ3v) is 2.51. The van der Waals surface area contributed by atoms with Crippen LogP contribution in [0, 0.1) is 5.92 Å². The number of rotatable bonds is 0. The predicted octanol–water partition coefficient (Wildman–Crippen LogP) is 2.24. The standard InChI is InChI=1S/C9H16N2/c1-7-5-6-10-11(4)9(3)8(7)2/h6-7H,5H2,1-4H3. The van der Waals surface area contributed by atoms with E-state index in [4.69, 9.17) is 0 Å². The molecular weight excluding hydrogens is 136 g/mol. The van der Waals surface area contributed by atoms with Crippen LogP contribution in [0.25, 0.3) is 0 Å². The first-order valence-corrected chi connectivity index (χ1v) is 4.06. The van der Waals surface area contributed by atoms with Gasteiger partial charge in [0.2, 0.25) is 0 Å². The maximum absolute atomic E-state index is 4.26. The van der Waals surface area contributed by atoms with Crippen molar-refractivity contribution in [3.63, 3.8) is 0 Å². The molecule has 2 heteroatoms. The third-order valence-electron chi connectivity index (χ3n) is 2.51. The molecule has 1 atom stereocenters. The summed E-state index contributed by atoms with van der Waals surface area (Å²) in [7, 11) is 1.99. The fourth-order valence-corrected chi connectivity index (χ4v) is 1.20. The van der Waals surface area contributed by atoms with Crippen molar-refractivity contribution >= 4 is 6.21 Å².